The van der Waals surface area contributed by atoms with E-state index in [-0.39, 0.29) is 37.7 Å². The SMILES string of the molecule is C[C-]1CCC(CC(=O)O)CC1.[Ho]. The van der Waals surface area contributed by atoms with Crippen molar-refractivity contribution in [3.05, 3.63) is 5.92 Å². The van der Waals surface area contributed by atoms with Gasteiger partial charge in [-0.3, -0.25) is 4.79 Å². The minimum Gasteiger partial charge on any atom is -0.481 e. The van der Waals surface area contributed by atoms with Gasteiger partial charge < -0.3 is 11.0 Å². The van der Waals surface area contributed by atoms with Gasteiger partial charge in [0.25, 0.3) is 0 Å². The first-order valence-electron chi connectivity index (χ1n) is 4.21. The van der Waals surface area contributed by atoms with Crippen molar-refractivity contribution >= 4 is 5.97 Å². The van der Waals surface area contributed by atoms with Crippen molar-refractivity contribution < 1.29 is 47.6 Å². The van der Waals surface area contributed by atoms with Crippen LogP contribution in [-0.4, -0.2) is 11.1 Å². The molecule has 0 saturated heterocycles. The van der Waals surface area contributed by atoms with E-state index >= 15 is 0 Å². The Kier molecular flexibility index (Phi) is 6.60. The molecule has 0 aromatic rings. The molecule has 0 aromatic heterocycles. The van der Waals surface area contributed by atoms with Crippen molar-refractivity contribution in [3.8, 4) is 0 Å². The third kappa shape index (κ3) is 4.68. The monoisotopic (exact) mass is 320 g/mol. The maximum absolute atomic E-state index is 10.3. The standard InChI is InChI=1S/C9H15O2.Ho/c1-7-2-4-8(5-3-7)6-9(10)11;/h8H,2-6H2,1H3,(H,10,11);/q-1;. The molecule has 0 atom stereocenters. The summed E-state index contributed by atoms with van der Waals surface area (Å²) in [4.78, 5) is 10.3. The fraction of sp³-hybridized carbons (Fsp3) is 0.778. The molecule has 1 aliphatic rings. The third-order valence-corrected chi connectivity index (χ3v) is 2.42. The van der Waals surface area contributed by atoms with Gasteiger partial charge in [-0.15, -0.1) is 0 Å². The minimum absolute atomic E-state index is 0. The van der Waals surface area contributed by atoms with Crippen LogP contribution in [0.3, 0.4) is 0 Å². The fourth-order valence-electron chi connectivity index (χ4n) is 1.62. The number of aliphatic carboxylic acids is 1. The van der Waals surface area contributed by atoms with E-state index in [2.05, 4.69) is 6.92 Å². The van der Waals surface area contributed by atoms with Gasteiger partial charge in [0, 0.05) is 44.2 Å². The van der Waals surface area contributed by atoms with E-state index in [0.29, 0.717) is 12.3 Å². The summed E-state index contributed by atoms with van der Waals surface area (Å²) in [6.07, 6.45) is 4.80. The second-order valence-electron chi connectivity index (χ2n) is 3.50. The van der Waals surface area contributed by atoms with Crippen LogP contribution in [0, 0.1) is 49.6 Å². The summed E-state index contributed by atoms with van der Waals surface area (Å²) < 4.78 is 0. The molecule has 0 aromatic carbocycles. The maximum atomic E-state index is 10.3. The number of rotatable bonds is 2. The predicted octanol–water partition coefficient (Wildman–Crippen LogP) is 2.25. The zero-order valence-corrected chi connectivity index (χ0v) is 9.20. The molecule has 0 aliphatic heterocycles. The molecule has 0 amide bonds. The Morgan fingerprint density at radius 1 is 1.50 bits per heavy atom. The number of hydrogen-bond donors (Lipinski definition) is 1. The van der Waals surface area contributed by atoms with Crippen LogP contribution >= 0.6 is 0 Å². The third-order valence-electron chi connectivity index (χ3n) is 2.42. The molecule has 1 saturated carbocycles. The molecule has 0 spiro atoms. The van der Waals surface area contributed by atoms with Crippen LogP contribution in [0.25, 0.3) is 0 Å². The molecule has 0 unspecified atom stereocenters. The second-order valence-corrected chi connectivity index (χ2v) is 3.50. The Morgan fingerprint density at radius 2 is 2.00 bits per heavy atom. The van der Waals surface area contributed by atoms with E-state index in [9.17, 15) is 4.79 Å². The Labute approximate surface area is 104 Å². The summed E-state index contributed by atoms with van der Waals surface area (Å²) in [6.45, 7) is 2.16. The van der Waals surface area contributed by atoms with E-state index in [1.54, 1.807) is 0 Å². The van der Waals surface area contributed by atoms with Gasteiger partial charge in [0.2, 0.25) is 0 Å². The van der Waals surface area contributed by atoms with Crippen LogP contribution in [0.1, 0.15) is 39.0 Å². The van der Waals surface area contributed by atoms with Crippen LogP contribution in [0.4, 0.5) is 0 Å². The van der Waals surface area contributed by atoms with Crippen molar-refractivity contribution in [2.75, 3.05) is 0 Å². The van der Waals surface area contributed by atoms with E-state index in [1.165, 1.54) is 5.92 Å². The molecule has 0 bridgehead atoms. The van der Waals surface area contributed by atoms with Crippen LogP contribution < -0.4 is 0 Å². The van der Waals surface area contributed by atoms with Gasteiger partial charge in [-0.2, -0.15) is 19.8 Å². The number of carboxylic acid groups (broad SMARTS) is 1. The number of carboxylic acids is 1. The van der Waals surface area contributed by atoms with Crippen LogP contribution in [0.2, 0.25) is 0 Å². The molecule has 3 heteroatoms. The molecule has 0 heterocycles. The zero-order chi connectivity index (χ0) is 8.27. The van der Waals surface area contributed by atoms with E-state index in [0.717, 1.165) is 25.7 Å². The van der Waals surface area contributed by atoms with Crippen LogP contribution in [0.5, 0.6) is 0 Å². The van der Waals surface area contributed by atoms with Crippen molar-refractivity contribution in [2.24, 2.45) is 5.92 Å². The summed E-state index contributed by atoms with van der Waals surface area (Å²) in [5.41, 5.74) is 0. The number of carbonyl (C=O) groups is 1. The Balaban J connectivity index is 0.00000121. The molecule has 75 valence electrons. The molecular weight excluding hydrogens is 305 g/mol. The van der Waals surface area contributed by atoms with Gasteiger partial charge in [-0.25, -0.2) is 0 Å². The zero-order valence-electron chi connectivity index (χ0n) is 7.27. The molecule has 1 rings (SSSR count). The van der Waals surface area contributed by atoms with Gasteiger partial charge in [0.15, 0.2) is 0 Å². The minimum atomic E-state index is -0.644. The van der Waals surface area contributed by atoms with Gasteiger partial charge >= 0.3 is 5.97 Å². The molecule has 2 nitrogen and oxygen atoms in total. The molecule has 12 heavy (non-hydrogen) atoms. The Hall–Kier alpha value is 0.730. The van der Waals surface area contributed by atoms with Gasteiger partial charge in [0.05, 0.1) is 0 Å². The smallest absolute Gasteiger partial charge is 0.303 e. The quantitative estimate of drug-likeness (QED) is 0.626. The Morgan fingerprint density at radius 3 is 2.42 bits per heavy atom. The van der Waals surface area contributed by atoms with E-state index in [1.807, 2.05) is 0 Å². The van der Waals surface area contributed by atoms with Gasteiger partial charge in [-0.1, -0.05) is 12.8 Å². The largest absolute Gasteiger partial charge is 0.481 e. The molecule has 1 N–H and O–H groups in total. The average Bonchev–Trinajstić information content (AvgIpc) is 1.93. The van der Waals surface area contributed by atoms with Gasteiger partial charge in [0.1, 0.15) is 0 Å². The first kappa shape index (κ1) is 12.7. The average molecular weight is 320 g/mol. The van der Waals surface area contributed by atoms with E-state index in [4.69, 9.17) is 5.11 Å². The Bertz CT molecular complexity index is 139. The fourth-order valence-corrected chi connectivity index (χ4v) is 1.62. The normalized spacial score (nSPS) is 20.1. The van der Waals surface area contributed by atoms with Crippen LogP contribution in [0.15, 0.2) is 0 Å². The summed E-state index contributed by atoms with van der Waals surface area (Å²) >= 11 is 0. The first-order valence-corrected chi connectivity index (χ1v) is 4.21. The second kappa shape index (κ2) is 6.22. The summed E-state index contributed by atoms with van der Waals surface area (Å²) in [6, 6.07) is 0. The first-order chi connectivity index (χ1) is 5.18. The van der Waals surface area contributed by atoms with Crippen molar-refractivity contribution in [1.29, 1.82) is 0 Å². The molecule has 1 radical (unpaired) electrons. The summed E-state index contributed by atoms with van der Waals surface area (Å²) in [7, 11) is 0. The van der Waals surface area contributed by atoms with Crippen molar-refractivity contribution in [2.45, 2.75) is 39.0 Å². The van der Waals surface area contributed by atoms with Crippen molar-refractivity contribution in [1.82, 2.24) is 0 Å². The topological polar surface area (TPSA) is 37.3 Å². The van der Waals surface area contributed by atoms with Crippen molar-refractivity contribution in [3.63, 3.8) is 0 Å². The molecule has 1 fully saturated rings. The maximum Gasteiger partial charge on any atom is 0.303 e. The van der Waals surface area contributed by atoms with Gasteiger partial charge in [-0.05, 0) is 5.92 Å². The molecule has 1 aliphatic carbocycles. The summed E-state index contributed by atoms with van der Waals surface area (Å²) in [5.74, 6) is 1.33. The molecular formula is C9H15HoO2-. The van der Waals surface area contributed by atoms with Crippen LogP contribution in [-0.2, 0) is 4.79 Å². The van der Waals surface area contributed by atoms with E-state index < -0.39 is 5.97 Å². The number of hydrogen-bond acceptors (Lipinski definition) is 1. The predicted molar refractivity (Wildman–Crippen MR) is 43.1 cm³/mol. The summed E-state index contributed by atoms with van der Waals surface area (Å²) in [5, 5.41) is 8.52.